The van der Waals surface area contributed by atoms with Crippen LogP contribution in [0.25, 0.3) is 0 Å². The minimum atomic E-state index is -0.1000. The van der Waals surface area contributed by atoms with Crippen LogP contribution >= 0.6 is 0 Å². The number of aromatic nitrogens is 1. The zero-order chi connectivity index (χ0) is 13.9. The first-order valence-electron chi connectivity index (χ1n) is 7.33. The molecule has 2 N–H and O–H groups in total. The molecule has 1 aromatic heterocycles. The van der Waals surface area contributed by atoms with Crippen molar-refractivity contribution in [2.45, 2.75) is 31.3 Å². The summed E-state index contributed by atoms with van der Waals surface area (Å²) < 4.78 is 0. The molecule has 1 aromatic rings. The van der Waals surface area contributed by atoms with Gasteiger partial charge in [0.2, 0.25) is 0 Å². The first-order chi connectivity index (χ1) is 9.78. The molecule has 0 bridgehead atoms. The summed E-state index contributed by atoms with van der Waals surface area (Å²) in [5.41, 5.74) is 0.575. The maximum absolute atomic E-state index is 12.2. The molecule has 1 aliphatic heterocycles. The van der Waals surface area contributed by atoms with Crippen LogP contribution in [0.2, 0.25) is 0 Å². The molecular weight excluding hydrogens is 254 g/mol. The van der Waals surface area contributed by atoms with E-state index in [4.69, 9.17) is 0 Å². The Morgan fingerprint density at radius 1 is 1.45 bits per heavy atom. The van der Waals surface area contributed by atoms with Crippen LogP contribution in [0.15, 0.2) is 24.5 Å². The number of carbonyl (C=O) groups is 1. The predicted octanol–water partition coefficient (Wildman–Crippen LogP) is 0.657. The molecule has 0 aromatic carbocycles. The molecule has 1 saturated carbocycles. The highest BCUT2D eigenvalue weighted by Gasteiger charge is 2.38. The molecule has 2 atom stereocenters. The molecule has 5 heteroatoms. The molecule has 0 radical (unpaired) electrons. The molecule has 2 fully saturated rings. The molecule has 0 spiro atoms. The number of nitrogens with zero attached hydrogens (tertiary/aromatic N) is 2. The van der Waals surface area contributed by atoms with Gasteiger partial charge in [-0.05, 0) is 25.0 Å². The first-order valence-corrected chi connectivity index (χ1v) is 7.33. The number of carbonyl (C=O) groups excluding carboxylic acids is 1. The van der Waals surface area contributed by atoms with E-state index in [1.165, 1.54) is 19.3 Å². The van der Waals surface area contributed by atoms with Crippen molar-refractivity contribution in [3.63, 3.8) is 0 Å². The van der Waals surface area contributed by atoms with Crippen LogP contribution in [0.5, 0.6) is 0 Å². The highest BCUT2D eigenvalue weighted by molar-refractivity contribution is 5.94. The van der Waals surface area contributed by atoms with Crippen molar-refractivity contribution >= 4 is 5.91 Å². The predicted molar refractivity (Wildman–Crippen MR) is 75.3 cm³/mol. The fourth-order valence-corrected chi connectivity index (χ4v) is 3.05. The second kappa shape index (κ2) is 5.89. The van der Waals surface area contributed by atoms with Crippen molar-refractivity contribution in [3.8, 4) is 0 Å². The smallest absolute Gasteiger partial charge is 0.253 e. The molecule has 1 amide bonds. The van der Waals surface area contributed by atoms with Crippen LogP contribution in [0.1, 0.15) is 29.6 Å². The Morgan fingerprint density at radius 3 is 2.90 bits per heavy atom. The maximum atomic E-state index is 12.2. The van der Waals surface area contributed by atoms with Gasteiger partial charge in [0.15, 0.2) is 0 Å². The van der Waals surface area contributed by atoms with Gasteiger partial charge in [-0.15, -0.1) is 0 Å². The third-order valence-corrected chi connectivity index (χ3v) is 4.54. The molecule has 0 unspecified atom stereocenters. The molecule has 2 heterocycles. The molecule has 1 saturated heterocycles. The zero-order valence-corrected chi connectivity index (χ0v) is 11.5. The molecule has 20 heavy (non-hydrogen) atoms. The summed E-state index contributed by atoms with van der Waals surface area (Å²) in [6, 6.07) is 4.21. The average molecular weight is 275 g/mol. The quantitative estimate of drug-likeness (QED) is 0.847. The Bertz CT molecular complexity index is 461. The lowest BCUT2D eigenvalue weighted by Crippen LogP contribution is -2.43. The van der Waals surface area contributed by atoms with Gasteiger partial charge in [0.1, 0.15) is 0 Å². The van der Waals surface area contributed by atoms with Gasteiger partial charge in [0.25, 0.3) is 5.91 Å². The van der Waals surface area contributed by atoms with Crippen molar-refractivity contribution in [2.24, 2.45) is 5.92 Å². The fourth-order valence-electron chi connectivity index (χ4n) is 3.05. The van der Waals surface area contributed by atoms with E-state index >= 15 is 0 Å². The Labute approximate surface area is 119 Å². The Morgan fingerprint density at radius 2 is 2.30 bits per heavy atom. The number of nitrogens with one attached hydrogen (secondary N) is 1. The number of amides is 1. The molecule has 2 aliphatic rings. The van der Waals surface area contributed by atoms with Crippen LogP contribution in [-0.4, -0.2) is 52.7 Å². The van der Waals surface area contributed by atoms with E-state index in [0.29, 0.717) is 11.6 Å². The van der Waals surface area contributed by atoms with Crippen molar-refractivity contribution in [3.05, 3.63) is 30.1 Å². The minimum absolute atomic E-state index is 0.0355. The van der Waals surface area contributed by atoms with Crippen LogP contribution in [0.4, 0.5) is 0 Å². The highest BCUT2D eigenvalue weighted by atomic mass is 16.3. The van der Waals surface area contributed by atoms with E-state index in [1.807, 2.05) is 0 Å². The van der Waals surface area contributed by atoms with Crippen molar-refractivity contribution in [2.75, 3.05) is 19.7 Å². The number of rotatable bonds is 4. The number of aliphatic hydroxyl groups excluding tert-OH is 1. The van der Waals surface area contributed by atoms with Crippen molar-refractivity contribution < 1.29 is 9.90 Å². The summed E-state index contributed by atoms with van der Waals surface area (Å²) in [6.45, 7) is 1.86. The SMILES string of the molecule is O=C(N[C@@H]1CN(C2CCC2)C[C@H]1CO)c1cccnc1. The van der Waals surface area contributed by atoms with E-state index in [2.05, 4.69) is 15.2 Å². The van der Waals surface area contributed by atoms with Gasteiger partial charge in [0, 0.05) is 50.1 Å². The fraction of sp³-hybridized carbons (Fsp3) is 0.600. The van der Waals surface area contributed by atoms with Crippen molar-refractivity contribution in [1.82, 2.24) is 15.2 Å². The number of pyridine rings is 1. The number of likely N-dealkylation sites (tertiary alicyclic amines) is 1. The van der Waals surface area contributed by atoms with Gasteiger partial charge in [-0.3, -0.25) is 14.7 Å². The van der Waals surface area contributed by atoms with Gasteiger partial charge in [-0.25, -0.2) is 0 Å². The van der Waals surface area contributed by atoms with E-state index in [0.717, 1.165) is 13.1 Å². The number of aliphatic hydroxyl groups is 1. The van der Waals surface area contributed by atoms with Crippen molar-refractivity contribution in [1.29, 1.82) is 0 Å². The molecule has 1 aliphatic carbocycles. The number of hydrogen-bond acceptors (Lipinski definition) is 4. The summed E-state index contributed by atoms with van der Waals surface area (Å²) in [4.78, 5) is 18.6. The third kappa shape index (κ3) is 2.69. The van der Waals surface area contributed by atoms with Crippen LogP contribution in [0, 0.1) is 5.92 Å². The Hall–Kier alpha value is -1.46. The van der Waals surface area contributed by atoms with E-state index < -0.39 is 0 Å². The summed E-state index contributed by atoms with van der Waals surface area (Å²) in [7, 11) is 0. The minimum Gasteiger partial charge on any atom is -0.396 e. The van der Waals surface area contributed by atoms with Crippen LogP contribution in [-0.2, 0) is 0 Å². The number of hydrogen-bond donors (Lipinski definition) is 2. The van der Waals surface area contributed by atoms with Gasteiger partial charge < -0.3 is 10.4 Å². The van der Waals surface area contributed by atoms with Gasteiger partial charge in [0.05, 0.1) is 5.56 Å². The average Bonchev–Trinajstić information content (AvgIpc) is 2.80. The lowest BCUT2D eigenvalue weighted by atomic mass is 9.92. The Balaban J connectivity index is 1.62. The monoisotopic (exact) mass is 275 g/mol. The normalized spacial score (nSPS) is 27.2. The first kappa shape index (κ1) is 13.5. The van der Waals surface area contributed by atoms with Crippen LogP contribution in [0.3, 0.4) is 0 Å². The molecule has 108 valence electrons. The molecule has 3 rings (SSSR count). The summed E-state index contributed by atoms with van der Waals surface area (Å²) in [5.74, 6) is 0.0354. The standard InChI is InChI=1S/C15H21N3O2/c19-10-12-8-18(13-4-1-5-13)9-14(12)17-15(20)11-3-2-6-16-7-11/h2-3,6-7,12-14,19H,1,4-5,8-10H2,(H,17,20)/t12-,14+/m0/s1. The lowest BCUT2D eigenvalue weighted by molar-refractivity contribution is 0.0919. The summed E-state index contributed by atoms with van der Waals surface area (Å²) in [5, 5.41) is 12.6. The van der Waals surface area contributed by atoms with Crippen LogP contribution < -0.4 is 5.32 Å². The lowest BCUT2D eigenvalue weighted by Gasteiger charge is -2.34. The highest BCUT2D eigenvalue weighted by Crippen LogP contribution is 2.29. The van der Waals surface area contributed by atoms with Gasteiger partial charge >= 0.3 is 0 Å². The van der Waals surface area contributed by atoms with Gasteiger partial charge in [-0.2, -0.15) is 0 Å². The van der Waals surface area contributed by atoms with E-state index in [1.54, 1.807) is 24.5 Å². The third-order valence-electron chi connectivity index (χ3n) is 4.54. The zero-order valence-electron chi connectivity index (χ0n) is 11.5. The van der Waals surface area contributed by atoms with E-state index in [-0.39, 0.29) is 24.5 Å². The van der Waals surface area contributed by atoms with E-state index in [9.17, 15) is 9.90 Å². The largest absolute Gasteiger partial charge is 0.396 e. The molecular formula is C15H21N3O2. The Kier molecular flexibility index (Phi) is 3.98. The second-order valence-corrected chi connectivity index (χ2v) is 5.80. The van der Waals surface area contributed by atoms with Gasteiger partial charge in [-0.1, -0.05) is 6.42 Å². The second-order valence-electron chi connectivity index (χ2n) is 5.80. The maximum Gasteiger partial charge on any atom is 0.253 e. The molecule has 5 nitrogen and oxygen atoms in total. The topological polar surface area (TPSA) is 65.5 Å². The summed E-state index contributed by atoms with van der Waals surface area (Å²) in [6.07, 6.45) is 7.03. The summed E-state index contributed by atoms with van der Waals surface area (Å²) >= 11 is 0.